The number of aromatic nitrogens is 2. The van der Waals surface area contributed by atoms with Crippen LogP contribution in [0.1, 0.15) is 23.9 Å². The lowest BCUT2D eigenvalue weighted by molar-refractivity contribution is -0.118. The normalized spacial score (nSPS) is 10.9. The molecule has 8 nitrogen and oxygen atoms in total. The third-order valence-electron chi connectivity index (χ3n) is 5.02. The van der Waals surface area contributed by atoms with E-state index in [4.69, 9.17) is 9.47 Å². The molecule has 4 aromatic rings. The molecular weight excluding hydrogens is 442 g/mol. The fourth-order valence-electron chi connectivity index (χ4n) is 3.42. The number of hydrogen-bond acceptors (Lipinski definition) is 6. The number of ether oxygens (including phenoxy) is 2. The minimum absolute atomic E-state index is 0.266. The number of nitriles is 2. The predicted molar refractivity (Wildman–Crippen MR) is 132 cm³/mol. The number of anilines is 1. The predicted octanol–water partition coefficient (Wildman–Crippen LogP) is 4.91. The Morgan fingerprint density at radius 2 is 1.86 bits per heavy atom. The largest absolute Gasteiger partial charge is 0.490 e. The van der Waals surface area contributed by atoms with Gasteiger partial charge in [-0.1, -0.05) is 30.3 Å². The summed E-state index contributed by atoms with van der Waals surface area (Å²) in [6.45, 7) is 1.96. The van der Waals surface area contributed by atoms with E-state index in [-0.39, 0.29) is 6.61 Å². The first-order chi connectivity index (χ1) is 17.1. The Kier molecular flexibility index (Phi) is 7.05. The Bertz CT molecular complexity index is 1460. The summed E-state index contributed by atoms with van der Waals surface area (Å²) >= 11 is 0. The number of fused-ring (bicyclic) bond motifs is 1. The summed E-state index contributed by atoms with van der Waals surface area (Å²) in [6.07, 6.45) is 1.70. The molecule has 0 saturated heterocycles. The first-order valence-corrected chi connectivity index (χ1v) is 10.9. The number of carbonyl (C=O) groups excluding carboxylic acids is 1. The number of imidazole rings is 1. The molecule has 0 bridgehead atoms. The van der Waals surface area contributed by atoms with Gasteiger partial charge in [0.1, 0.15) is 18.0 Å². The summed E-state index contributed by atoms with van der Waals surface area (Å²) in [7, 11) is 0. The van der Waals surface area contributed by atoms with Crippen LogP contribution >= 0.6 is 0 Å². The van der Waals surface area contributed by atoms with Crippen LogP contribution in [-0.4, -0.2) is 29.1 Å². The minimum Gasteiger partial charge on any atom is -0.490 e. The van der Waals surface area contributed by atoms with Gasteiger partial charge < -0.3 is 19.8 Å². The lowest BCUT2D eigenvalue weighted by atomic mass is 10.1. The summed E-state index contributed by atoms with van der Waals surface area (Å²) in [5.41, 5.74) is 3.49. The average molecular weight is 463 g/mol. The maximum atomic E-state index is 12.4. The van der Waals surface area contributed by atoms with E-state index in [0.717, 1.165) is 11.0 Å². The summed E-state index contributed by atoms with van der Waals surface area (Å²) in [5, 5.41) is 21.5. The highest BCUT2D eigenvalue weighted by molar-refractivity contribution is 5.93. The highest BCUT2D eigenvalue weighted by Gasteiger charge is 2.12. The lowest BCUT2D eigenvalue weighted by Gasteiger charge is -2.13. The van der Waals surface area contributed by atoms with Gasteiger partial charge >= 0.3 is 0 Å². The number of hydrogen-bond donors (Lipinski definition) is 2. The molecule has 0 aliphatic carbocycles. The molecule has 1 amide bonds. The highest BCUT2D eigenvalue weighted by atomic mass is 16.5. The van der Waals surface area contributed by atoms with Gasteiger partial charge in [-0.05, 0) is 55.0 Å². The van der Waals surface area contributed by atoms with E-state index in [1.54, 1.807) is 48.5 Å². The third-order valence-corrected chi connectivity index (χ3v) is 5.02. The quantitative estimate of drug-likeness (QED) is 0.358. The number of allylic oxidation sites excluding steroid dienone is 1. The Hall–Kier alpha value is -5.08. The SMILES string of the molecule is CCOc1cc(/C=C(\C#N)c2nc3ccccc3[nH]2)ccc1OCC(=O)Nc1ccccc1C#N. The molecule has 1 heterocycles. The van der Waals surface area contributed by atoms with Gasteiger partial charge in [0, 0.05) is 0 Å². The van der Waals surface area contributed by atoms with E-state index >= 15 is 0 Å². The first-order valence-electron chi connectivity index (χ1n) is 10.9. The Balaban J connectivity index is 1.51. The number of nitrogens with one attached hydrogen (secondary N) is 2. The van der Waals surface area contributed by atoms with Crippen LogP contribution < -0.4 is 14.8 Å². The van der Waals surface area contributed by atoms with E-state index in [0.29, 0.717) is 46.3 Å². The van der Waals surface area contributed by atoms with Crippen molar-refractivity contribution in [3.8, 4) is 23.6 Å². The number of benzene rings is 3. The van der Waals surface area contributed by atoms with Gasteiger partial charge in [0.15, 0.2) is 18.1 Å². The van der Waals surface area contributed by atoms with Crippen molar-refractivity contribution in [3.05, 3.63) is 83.7 Å². The number of amides is 1. The van der Waals surface area contributed by atoms with Gasteiger partial charge in [0.25, 0.3) is 5.91 Å². The van der Waals surface area contributed by atoms with Crippen molar-refractivity contribution in [1.82, 2.24) is 9.97 Å². The zero-order chi connectivity index (χ0) is 24.6. The van der Waals surface area contributed by atoms with Crippen LogP contribution in [0.25, 0.3) is 22.7 Å². The van der Waals surface area contributed by atoms with Crippen LogP contribution in [0.4, 0.5) is 5.69 Å². The van der Waals surface area contributed by atoms with Crippen molar-refractivity contribution in [2.45, 2.75) is 6.92 Å². The number of para-hydroxylation sites is 3. The van der Waals surface area contributed by atoms with Crippen molar-refractivity contribution in [2.24, 2.45) is 0 Å². The smallest absolute Gasteiger partial charge is 0.262 e. The molecular formula is C27H21N5O3. The molecule has 0 fully saturated rings. The molecule has 1 aromatic heterocycles. The monoisotopic (exact) mass is 463 g/mol. The Labute approximate surface area is 202 Å². The molecule has 0 radical (unpaired) electrons. The highest BCUT2D eigenvalue weighted by Crippen LogP contribution is 2.30. The topological polar surface area (TPSA) is 124 Å². The summed E-state index contributed by atoms with van der Waals surface area (Å²) in [4.78, 5) is 20.0. The van der Waals surface area contributed by atoms with Crippen molar-refractivity contribution in [1.29, 1.82) is 10.5 Å². The van der Waals surface area contributed by atoms with Crippen LogP contribution in [0.2, 0.25) is 0 Å². The average Bonchev–Trinajstić information content (AvgIpc) is 3.31. The molecule has 3 aromatic carbocycles. The summed E-state index contributed by atoms with van der Waals surface area (Å²) in [5.74, 6) is 0.889. The van der Waals surface area contributed by atoms with Gasteiger partial charge in [-0.2, -0.15) is 10.5 Å². The van der Waals surface area contributed by atoms with Crippen molar-refractivity contribution in [2.75, 3.05) is 18.5 Å². The van der Waals surface area contributed by atoms with Crippen LogP contribution in [0, 0.1) is 22.7 Å². The molecule has 2 N–H and O–H groups in total. The van der Waals surface area contributed by atoms with Crippen LogP contribution in [0.15, 0.2) is 66.7 Å². The number of aromatic amines is 1. The molecule has 0 unspecified atom stereocenters. The van der Waals surface area contributed by atoms with Crippen LogP contribution in [-0.2, 0) is 4.79 Å². The lowest BCUT2D eigenvalue weighted by Crippen LogP contribution is -2.21. The van der Waals surface area contributed by atoms with Gasteiger partial charge in [0.2, 0.25) is 0 Å². The van der Waals surface area contributed by atoms with Crippen molar-refractivity contribution >= 4 is 34.3 Å². The first kappa shape index (κ1) is 23.1. The van der Waals surface area contributed by atoms with Gasteiger partial charge in [0.05, 0.1) is 34.5 Å². The van der Waals surface area contributed by atoms with Gasteiger partial charge in [-0.15, -0.1) is 0 Å². The minimum atomic E-state index is -0.407. The molecule has 0 aliphatic rings. The molecule has 0 atom stereocenters. The number of nitrogens with zero attached hydrogens (tertiary/aromatic N) is 3. The molecule has 35 heavy (non-hydrogen) atoms. The number of H-pyrrole nitrogens is 1. The molecule has 0 spiro atoms. The van der Waals surface area contributed by atoms with E-state index in [1.807, 2.05) is 37.3 Å². The van der Waals surface area contributed by atoms with Crippen molar-refractivity contribution in [3.63, 3.8) is 0 Å². The standard InChI is InChI=1S/C27H21N5O3/c1-2-34-25-14-18(13-20(16-29)27-31-22-9-5-6-10-23(22)32-27)11-12-24(25)35-17-26(33)30-21-8-4-3-7-19(21)15-28/h3-14H,2,17H2,1H3,(H,30,33)(H,31,32)/b20-13+. The van der Waals surface area contributed by atoms with Crippen molar-refractivity contribution < 1.29 is 14.3 Å². The van der Waals surface area contributed by atoms with Gasteiger partial charge in [-0.25, -0.2) is 4.98 Å². The third kappa shape index (κ3) is 5.47. The zero-order valence-electron chi connectivity index (χ0n) is 18.9. The second kappa shape index (κ2) is 10.7. The van der Waals surface area contributed by atoms with E-state index < -0.39 is 5.91 Å². The molecule has 0 aliphatic heterocycles. The summed E-state index contributed by atoms with van der Waals surface area (Å²) in [6, 6.07) is 23.7. The fourth-order valence-corrected chi connectivity index (χ4v) is 3.42. The molecule has 4 rings (SSSR count). The number of carbonyl (C=O) groups is 1. The molecule has 172 valence electrons. The number of rotatable bonds is 8. The fraction of sp³-hybridized carbons (Fsp3) is 0.111. The molecule has 0 saturated carbocycles. The Morgan fingerprint density at radius 3 is 2.63 bits per heavy atom. The zero-order valence-corrected chi connectivity index (χ0v) is 18.9. The van der Waals surface area contributed by atoms with E-state index in [9.17, 15) is 15.3 Å². The van der Waals surface area contributed by atoms with E-state index in [1.165, 1.54) is 0 Å². The second-order valence-corrected chi connectivity index (χ2v) is 7.41. The van der Waals surface area contributed by atoms with E-state index in [2.05, 4.69) is 21.4 Å². The Morgan fingerprint density at radius 1 is 1.06 bits per heavy atom. The molecule has 8 heteroatoms. The van der Waals surface area contributed by atoms with Crippen LogP contribution in [0.3, 0.4) is 0 Å². The van der Waals surface area contributed by atoms with Crippen LogP contribution in [0.5, 0.6) is 11.5 Å². The maximum absolute atomic E-state index is 12.4. The van der Waals surface area contributed by atoms with Gasteiger partial charge in [-0.3, -0.25) is 4.79 Å². The maximum Gasteiger partial charge on any atom is 0.262 e. The second-order valence-electron chi connectivity index (χ2n) is 7.41. The summed E-state index contributed by atoms with van der Waals surface area (Å²) < 4.78 is 11.4.